The fourth-order valence-corrected chi connectivity index (χ4v) is 3.08. The van der Waals surface area contributed by atoms with Crippen molar-refractivity contribution >= 4 is 5.96 Å². The van der Waals surface area contributed by atoms with E-state index in [1.54, 1.807) is 12.1 Å². The van der Waals surface area contributed by atoms with Gasteiger partial charge in [0.25, 0.3) is 0 Å². The van der Waals surface area contributed by atoms with Crippen LogP contribution in [0.4, 0.5) is 13.2 Å². The van der Waals surface area contributed by atoms with Crippen LogP contribution in [-0.4, -0.2) is 41.6 Å². The van der Waals surface area contributed by atoms with Crippen molar-refractivity contribution in [1.82, 2.24) is 20.4 Å². The Morgan fingerprint density at radius 1 is 1.20 bits per heavy atom. The Balaban J connectivity index is 2.05. The molecule has 2 rings (SSSR count). The van der Waals surface area contributed by atoms with Crippen molar-refractivity contribution in [3.05, 3.63) is 46.3 Å². The van der Waals surface area contributed by atoms with Gasteiger partial charge in [0.15, 0.2) is 12.6 Å². The molecule has 2 aromatic rings. The van der Waals surface area contributed by atoms with Gasteiger partial charge in [-0.3, -0.25) is 4.68 Å². The Morgan fingerprint density at radius 2 is 1.93 bits per heavy atom. The zero-order chi connectivity index (χ0) is 22.3. The lowest BCUT2D eigenvalue weighted by Crippen LogP contribution is -2.38. The molecule has 0 saturated heterocycles. The number of aromatic nitrogens is 2. The van der Waals surface area contributed by atoms with Gasteiger partial charge < -0.3 is 15.4 Å². The third-order valence-corrected chi connectivity index (χ3v) is 4.69. The first-order chi connectivity index (χ1) is 14.1. The maximum Gasteiger partial charge on any atom is 0.422 e. The number of nitrogens with zero attached hydrogens (tertiary/aromatic N) is 3. The highest BCUT2D eigenvalue weighted by molar-refractivity contribution is 5.79. The van der Waals surface area contributed by atoms with Crippen LogP contribution in [0.1, 0.15) is 35.0 Å². The topological polar surface area (TPSA) is 63.5 Å². The van der Waals surface area contributed by atoms with Crippen molar-refractivity contribution in [2.45, 2.75) is 46.8 Å². The van der Waals surface area contributed by atoms with Gasteiger partial charge in [-0.15, -0.1) is 0 Å². The molecule has 0 aliphatic rings. The average molecular weight is 425 g/mol. The van der Waals surface area contributed by atoms with Gasteiger partial charge >= 0.3 is 6.18 Å². The summed E-state index contributed by atoms with van der Waals surface area (Å²) in [5, 5.41) is 10.9. The number of benzene rings is 1. The number of guanidine groups is 1. The highest BCUT2D eigenvalue weighted by Gasteiger charge is 2.28. The molecule has 0 fully saturated rings. The molecule has 9 heteroatoms. The van der Waals surface area contributed by atoms with Crippen LogP contribution in [0.3, 0.4) is 0 Å². The number of aryl methyl sites for hydroxylation is 3. The number of nitrogens with one attached hydrogen (secondary N) is 2. The lowest BCUT2D eigenvalue weighted by molar-refractivity contribution is -0.153. The van der Waals surface area contributed by atoms with E-state index in [2.05, 4.69) is 20.7 Å². The van der Waals surface area contributed by atoms with Gasteiger partial charge in [-0.2, -0.15) is 18.3 Å². The molecule has 0 radical (unpaired) electrons. The number of aliphatic imine (C=N–C) groups is 1. The lowest BCUT2D eigenvalue weighted by atomic mass is 10.1. The number of hydrogen-bond donors (Lipinski definition) is 2. The predicted molar refractivity (Wildman–Crippen MR) is 112 cm³/mol. The Kier molecular flexibility index (Phi) is 8.14. The highest BCUT2D eigenvalue weighted by atomic mass is 19.4. The third kappa shape index (κ3) is 6.96. The second-order valence-electron chi connectivity index (χ2n) is 7.16. The molecule has 1 aromatic heterocycles. The summed E-state index contributed by atoms with van der Waals surface area (Å²) in [7, 11) is 1.92. The predicted octanol–water partition coefficient (Wildman–Crippen LogP) is 3.58. The van der Waals surface area contributed by atoms with E-state index in [0.29, 0.717) is 24.6 Å². The molecule has 0 spiro atoms. The minimum absolute atomic E-state index is 0.202. The summed E-state index contributed by atoms with van der Waals surface area (Å²) >= 11 is 0. The monoisotopic (exact) mass is 425 g/mol. The Bertz CT molecular complexity index is 874. The van der Waals surface area contributed by atoms with Gasteiger partial charge in [0.05, 0.1) is 12.2 Å². The fourth-order valence-electron chi connectivity index (χ4n) is 3.08. The molecular formula is C21H30F3N5O. The fraction of sp³-hybridized carbons (Fsp3) is 0.524. The van der Waals surface area contributed by atoms with Crippen LogP contribution in [0.2, 0.25) is 0 Å². The highest BCUT2D eigenvalue weighted by Crippen LogP contribution is 2.24. The smallest absolute Gasteiger partial charge is 0.422 e. The Labute approximate surface area is 175 Å². The number of rotatable bonds is 8. The van der Waals surface area contributed by atoms with Gasteiger partial charge in [-0.1, -0.05) is 12.1 Å². The van der Waals surface area contributed by atoms with Crippen molar-refractivity contribution in [2.75, 3.05) is 19.7 Å². The van der Waals surface area contributed by atoms with Crippen LogP contribution in [0.5, 0.6) is 5.75 Å². The molecule has 30 heavy (non-hydrogen) atoms. The SMILES string of the molecule is CCNC(=NCc1ccc(C)cc1OCC(F)(F)F)NCCc1c(C)nn(C)c1C. The van der Waals surface area contributed by atoms with Gasteiger partial charge in [-0.25, -0.2) is 4.99 Å². The molecule has 0 bridgehead atoms. The maximum atomic E-state index is 12.5. The number of halogens is 3. The molecule has 0 saturated carbocycles. The summed E-state index contributed by atoms with van der Waals surface area (Å²) in [4.78, 5) is 4.51. The van der Waals surface area contributed by atoms with Crippen molar-refractivity contribution in [2.24, 2.45) is 12.0 Å². The summed E-state index contributed by atoms with van der Waals surface area (Å²) in [6.07, 6.45) is -3.59. The van der Waals surface area contributed by atoms with E-state index in [1.165, 1.54) is 5.56 Å². The van der Waals surface area contributed by atoms with E-state index in [1.807, 2.05) is 45.5 Å². The molecule has 0 unspecified atom stereocenters. The quantitative estimate of drug-likeness (QED) is 0.501. The van der Waals surface area contributed by atoms with Gasteiger partial charge in [0, 0.05) is 31.4 Å². The van der Waals surface area contributed by atoms with Gasteiger partial charge in [0.2, 0.25) is 0 Å². The first-order valence-corrected chi connectivity index (χ1v) is 9.91. The minimum atomic E-state index is -4.39. The summed E-state index contributed by atoms with van der Waals surface area (Å²) < 4.78 is 44.5. The van der Waals surface area contributed by atoms with Crippen molar-refractivity contribution in [3.63, 3.8) is 0 Å². The molecule has 0 aliphatic carbocycles. The normalized spacial score (nSPS) is 12.2. The first-order valence-electron chi connectivity index (χ1n) is 9.91. The van der Waals surface area contributed by atoms with E-state index in [0.717, 1.165) is 23.4 Å². The maximum absolute atomic E-state index is 12.5. The van der Waals surface area contributed by atoms with Crippen LogP contribution in [0, 0.1) is 20.8 Å². The lowest BCUT2D eigenvalue weighted by Gasteiger charge is -2.14. The molecule has 1 aromatic carbocycles. The zero-order valence-electron chi connectivity index (χ0n) is 18.2. The van der Waals surface area contributed by atoms with Crippen LogP contribution in [0.15, 0.2) is 23.2 Å². The van der Waals surface area contributed by atoms with Crippen molar-refractivity contribution in [1.29, 1.82) is 0 Å². The number of ether oxygens (including phenoxy) is 1. The summed E-state index contributed by atoms with van der Waals surface area (Å²) in [5.41, 5.74) is 4.75. The summed E-state index contributed by atoms with van der Waals surface area (Å²) in [6, 6.07) is 5.18. The number of hydrogen-bond acceptors (Lipinski definition) is 3. The Hall–Kier alpha value is -2.71. The number of alkyl halides is 3. The largest absolute Gasteiger partial charge is 0.484 e. The second kappa shape index (κ2) is 10.4. The van der Waals surface area contributed by atoms with Gasteiger partial charge in [-0.05, 0) is 51.3 Å². The van der Waals surface area contributed by atoms with Crippen LogP contribution in [0.25, 0.3) is 0 Å². The van der Waals surface area contributed by atoms with E-state index < -0.39 is 12.8 Å². The molecule has 0 amide bonds. The molecule has 0 atom stereocenters. The van der Waals surface area contributed by atoms with Crippen LogP contribution in [-0.2, 0) is 20.0 Å². The van der Waals surface area contributed by atoms with Crippen molar-refractivity contribution < 1.29 is 17.9 Å². The molecule has 2 N–H and O–H groups in total. The van der Waals surface area contributed by atoms with E-state index in [-0.39, 0.29) is 12.3 Å². The minimum Gasteiger partial charge on any atom is -0.484 e. The molecular weight excluding hydrogens is 395 g/mol. The molecule has 6 nitrogen and oxygen atoms in total. The standard InChI is InChI=1S/C21H30F3N5O/c1-6-25-20(26-10-9-18-15(3)28-29(5)16(18)4)27-12-17-8-7-14(2)11-19(17)30-13-21(22,23)24/h7-8,11H,6,9-10,12-13H2,1-5H3,(H2,25,26,27). The molecule has 166 valence electrons. The Morgan fingerprint density at radius 3 is 2.53 bits per heavy atom. The van der Waals surface area contributed by atoms with E-state index in [9.17, 15) is 13.2 Å². The summed E-state index contributed by atoms with van der Waals surface area (Å²) in [5.74, 6) is 0.799. The molecule has 1 heterocycles. The van der Waals surface area contributed by atoms with Crippen LogP contribution < -0.4 is 15.4 Å². The average Bonchev–Trinajstić information content (AvgIpc) is 2.90. The van der Waals surface area contributed by atoms with E-state index >= 15 is 0 Å². The second-order valence-corrected chi connectivity index (χ2v) is 7.16. The van der Waals surface area contributed by atoms with E-state index in [4.69, 9.17) is 4.74 Å². The van der Waals surface area contributed by atoms with Gasteiger partial charge in [0.1, 0.15) is 5.75 Å². The third-order valence-electron chi connectivity index (χ3n) is 4.69. The van der Waals surface area contributed by atoms with Crippen LogP contribution >= 0.6 is 0 Å². The molecule has 0 aliphatic heterocycles. The van der Waals surface area contributed by atoms with Crippen molar-refractivity contribution in [3.8, 4) is 5.75 Å². The summed E-state index contributed by atoms with van der Waals surface area (Å²) in [6.45, 7) is 7.99. The zero-order valence-corrected chi connectivity index (χ0v) is 18.2. The first kappa shape index (κ1) is 23.6.